The van der Waals surface area contributed by atoms with Gasteiger partial charge in [0.2, 0.25) is 10.0 Å². The number of benzene rings is 1. The Balaban J connectivity index is 1.71. The summed E-state index contributed by atoms with van der Waals surface area (Å²) >= 11 is 12.2. The molecule has 1 aliphatic heterocycles. The number of rotatable bonds is 4. The van der Waals surface area contributed by atoms with E-state index in [1.807, 2.05) is 6.92 Å². The zero-order valence-corrected chi connectivity index (χ0v) is 18.2. The first-order valence-electron chi connectivity index (χ1n) is 8.89. The number of aromatic nitrogens is 1. The van der Waals surface area contributed by atoms with Gasteiger partial charge in [-0.15, -0.1) is 0 Å². The maximum absolute atomic E-state index is 13.0. The highest BCUT2D eigenvalue weighted by Crippen LogP contribution is 2.31. The van der Waals surface area contributed by atoms with Gasteiger partial charge in [-0.25, -0.2) is 8.42 Å². The Labute approximate surface area is 174 Å². The maximum Gasteiger partial charge on any atom is 0.254 e. The molecule has 3 rings (SSSR count). The molecule has 2 heterocycles. The quantitative estimate of drug-likeness (QED) is 0.722. The fraction of sp³-hybridized carbons (Fsp3) is 0.421. The predicted octanol–water partition coefficient (Wildman–Crippen LogP) is 3.54. The molecule has 1 aromatic carbocycles. The molecule has 1 aliphatic rings. The van der Waals surface area contributed by atoms with Crippen LogP contribution in [0.4, 0.5) is 0 Å². The summed E-state index contributed by atoms with van der Waals surface area (Å²) in [5.41, 5.74) is 1.32. The summed E-state index contributed by atoms with van der Waals surface area (Å²) in [5, 5.41) is 0.546. The van der Waals surface area contributed by atoms with E-state index in [0.717, 1.165) is 5.69 Å². The van der Waals surface area contributed by atoms with Crippen LogP contribution in [0, 0.1) is 13.8 Å². The lowest BCUT2D eigenvalue weighted by atomic mass is 10.1. The second-order valence-corrected chi connectivity index (χ2v) is 9.70. The van der Waals surface area contributed by atoms with Crippen LogP contribution in [-0.2, 0) is 17.1 Å². The molecule has 2 aromatic rings. The molecule has 0 saturated carbocycles. The van der Waals surface area contributed by atoms with Gasteiger partial charge in [-0.05, 0) is 50.5 Å². The lowest BCUT2D eigenvalue weighted by Crippen LogP contribution is -2.41. The van der Waals surface area contributed by atoms with Crippen LogP contribution in [0.5, 0.6) is 5.75 Å². The summed E-state index contributed by atoms with van der Waals surface area (Å²) in [7, 11) is -2.01. The first-order valence-corrected chi connectivity index (χ1v) is 11.1. The van der Waals surface area contributed by atoms with Gasteiger partial charge in [-0.2, -0.15) is 4.31 Å². The molecule has 9 heteroatoms. The van der Waals surface area contributed by atoms with Gasteiger partial charge < -0.3 is 9.30 Å². The van der Waals surface area contributed by atoms with Gasteiger partial charge in [0.05, 0.1) is 5.02 Å². The molecule has 0 aliphatic carbocycles. The van der Waals surface area contributed by atoms with Crippen LogP contribution in [0.25, 0.3) is 0 Å². The number of piperidine rings is 1. The minimum atomic E-state index is -3.71. The van der Waals surface area contributed by atoms with Crippen molar-refractivity contribution in [2.24, 2.45) is 7.05 Å². The molecule has 0 N–H and O–H groups in total. The smallest absolute Gasteiger partial charge is 0.254 e. The largest absolute Gasteiger partial charge is 0.490 e. The van der Waals surface area contributed by atoms with E-state index in [1.54, 1.807) is 24.6 Å². The van der Waals surface area contributed by atoms with Gasteiger partial charge in [0, 0.05) is 36.9 Å². The minimum Gasteiger partial charge on any atom is -0.490 e. The molecule has 0 spiro atoms. The van der Waals surface area contributed by atoms with Crippen LogP contribution in [0.3, 0.4) is 0 Å². The summed E-state index contributed by atoms with van der Waals surface area (Å²) < 4.78 is 34.8. The van der Waals surface area contributed by atoms with Crippen LogP contribution < -0.4 is 10.3 Å². The Hall–Kier alpha value is -1.54. The highest BCUT2D eigenvalue weighted by molar-refractivity contribution is 7.89. The van der Waals surface area contributed by atoms with Crippen molar-refractivity contribution in [3.63, 3.8) is 0 Å². The monoisotopic (exact) mass is 444 g/mol. The van der Waals surface area contributed by atoms with Crippen LogP contribution in [0.2, 0.25) is 10.0 Å². The van der Waals surface area contributed by atoms with E-state index in [0.29, 0.717) is 42.3 Å². The number of pyridine rings is 1. The summed E-state index contributed by atoms with van der Waals surface area (Å²) in [6.45, 7) is 4.20. The molecule has 1 aromatic heterocycles. The Morgan fingerprint density at radius 2 is 1.68 bits per heavy atom. The van der Waals surface area contributed by atoms with Crippen molar-refractivity contribution in [1.29, 1.82) is 0 Å². The van der Waals surface area contributed by atoms with Gasteiger partial charge in [0.15, 0.2) is 0 Å². The van der Waals surface area contributed by atoms with Crippen molar-refractivity contribution in [3.05, 3.63) is 55.9 Å². The Kier molecular flexibility index (Phi) is 6.10. The average Bonchev–Trinajstić information content (AvgIpc) is 2.63. The Morgan fingerprint density at radius 3 is 2.29 bits per heavy atom. The topological polar surface area (TPSA) is 68.6 Å². The lowest BCUT2D eigenvalue weighted by Gasteiger charge is -2.31. The fourth-order valence-corrected chi connectivity index (χ4v) is 5.43. The van der Waals surface area contributed by atoms with Crippen molar-refractivity contribution in [3.8, 4) is 5.75 Å². The van der Waals surface area contributed by atoms with Crippen molar-refractivity contribution in [1.82, 2.24) is 8.87 Å². The van der Waals surface area contributed by atoms with Gasteiger partial charge in [0.1, 0.15) is 16.7 Å². The van der Waals surface area contributed by atoms with Gasteiger partial charge >= 0.3 is 0 Å². The molecule has 0 bridgehead atoms. The minimum absolute atomic E-state index is 0.0672. The summed E-state index contributed by atoms with van der Waals surface area (Å²) in [6, 6.07) is 6.22. The fourth-order valence-electron chi connectivity index (χ4n) is 3.16. The van der Waals surface area contributed by atoms with E-state index < -0.39 is 10.0 Å². The van der Waals surface area contributed by atoms with Crippen molar-refractivity contribution in [2.45, 2.75) is 37.7 Å². The van der Waals surface area contributed by atoms with E-state index in [1.165, 1.54) is 22.5 Å². The molecular formula is C19H22Cl2N2O4S. The molecule has 0 unspecified atom stereocenters. The van der Waals surface area contributed by atoms with E-state index in [4.69, 9.17) is 27.9 Å². The number of halogens is 2. The van der Waals surface area contributed by atoms with Crippen molar-refractivity contribution in [2.75, 3.05) is 13.1 Å². The number of aryl methyl sites for hydroxylation is 2. The van der Waals surface area contributed by atoms with E-state index >= 15 is 0 Å². The molecule has 1 fully saturated rings. The van der Waals surface area contributed by atoms with Crippen LogP contribution in [0.15, 0.2) is 34.0 Å². The zero-order chi connectivity index (χ0) is 20.6. The number of hydrogen-bond donors (Lipinski definition) is 0. The first-order chi connectivity index (χ1) is 13.1. The average molecular weight is 445 g/mol. The van der Waals surface area contributed by atoms with Crippen molar-refractivity contribution < 1.29 is 13.2 Å². The molecule has 6 nitrogen and oxygen atoms in total. The summed E-state index contributed by atoms with van der Waals surface area (Å²) in [6.07, 6.45) is 0.899. The third kappa shape index (κ3) is 4.22. The molecule has 0 amide bonds. The van der Waals surface area contributed by atoms with Crippen LogP contribution in [-0.4, -0.2) is 36.5 Å². The van der Waals surface area contributed by atoms with E-state index in [2.05, 4.69) is 0 Å². The third-order valence-corrected chi connectivity index (χ3v) is 7.78. The maximum atomic E-state index is 13.0. The van der Waals surface area contributed by atoms with Gasteiger partial charge in [-0.3, -0.25) is 4.79 Å². The number of nitrogens with zero attached hydrogens (tertiary/aromatic N) is 2. The molecule has 0 radical (unpaired) electrons. The van der Waals surface area contributed by atoms with Crippen molar-refractivity contribution >= 4 is 33.2 Å². The molecule has 152 valence electrons. The number of sulfonamides is 1. The third-order valence-electron chi connectivity index (χ3n) is 5.01. The molecular weight excluding hydrogens is 423 g/mol. The second kappa shape index (κ2) is 8.06. The number of ether oxygens (including phenoxy) is 1. The van der Waals surface area contributed by atoms with Crippen LogP contribution >= 0.6 is 23.2 Å². The normalized spacial score (nSPS) is 16.3. The zero-order valence-electron chi connectivity index (χ0n) is 15.9. The Morgan fingerprint density at radius 1 is 1.04 bits per heavy atom. The second-order valence-electron chi connectivity index (χ2n) is 6.98. The molecule has 1 saturated heterocycles. The van der Waals surface area contributed by atoms with Gasteiger partial charge in [0.25, 0.3) is 5.56 Å². The van der Waals surface area contributed by atoms with E-state index in [-0.39, 0.29) is 21.6 Å². The molecule has 0 atom stereocenters. The SMILES string of the molecule is Cc1cc(S(=O)(=O)N2CCC(Oc3cc(C)n(C)c(=O)c3)CC2)c(Cl)cc1Cl. The predicted molar refractivity (Wildman–Crippen MR) is 110 cm³/mol. The standard InChI is InChI=1S/C19H22Cl2N2O4S/c1-12-8-18(17(21)11-16(12)20)28(25,26)23-6-4-14(5-7-23)27-15-9-13(2)22(3)19(24)10-15/h8-11,14H,4-7H2,1-3H3. The lowest BCUT2D eigenvalue weighted by molar-refractivity contribution is 0.134. The van der Waals surface area contributed by atoms with Gasteiger partial charge in [-0.1, -0.05) is 23.2 Å². The highest BCUT2D eigenvalue weighted by Gasteiger charge is 2.32. The van der Waals surface area contributed by atoms with E-state index in [9.17, 15) is 13.2 Å². The highest BCUT2D eigenvalue weighted by atomic mass is 35.5. The Bertz CT molecular complexity index is 1060. The number of hydrogen-bond acceptors (Lipinski definition) is 4. The van der Waals surface area contributed by atoms with Crippen LogP contribution in [0.1, 0.15) is 24.1 Å². The first kappa shape index (κ1) is 21.2. The summed E-state index contributed by atoms with van der Waals surface area (Å²) in [4.78, 5) is 12.0. The molecule has 28 heavy (non-hydrogen) atoms. The summed E-state index contributed by atoms with van der Waals surface area (Å²) in [5.74, 6) is 0.512.